The summed E-state index contributed by atoms with van der Waals surface area (Å²) in [5, 5.41) is 2.81. The first-order chi connectivity index (χ1) is 13.1. The molecule has 6 nitrogen and oxygen atoms in total. The Balaban J connectivity index is 1.68. The lowest BCUT2D eigenvalue weighted by molar-refractivity contribution is -0.111. The van der Waals surface area contributed by atoms with Crippen molar-refractivity contribution in [2.24, 2.45) is 0 Å². The number of nitrogens with zero attached hydrogens (tertiary/aromatic N) is 1. The summed E-state index contributed by atoms with van der Waals surface area (Å²) in [6, 6.07) is 10.8. The average Bonchev–Trinajstić information content (AvgIpc) is 3.04. The van der Waals surface area contributed by atoms with Crippen molar-refractivity contribution in [1.29, 1.82) is 0 Å². The molecule has 1 heterocycles. The quantitative estimate of drug-likeness (QED) is 0.498. The summed E-state index contributed by atoms with van der Waals surface area (Å²) in [5.41, 5.74) is 2.85. The highest BCUT2D eigenvalue weighted by molar-refractivity contribution is 6.02. The van der Waals surface area contributed by atoms with Gasteiger partial charge in [0.25, 0.3) is 0 Å². The van der Waals surface area contributed by atoms with Gasteiger partial charge in [-0.1, -0.05) is 18.7 Å². The molecule has 1 amide bonds. The molecule has 0 aliphatic heterocycles. The van der Waals surface area contributed by atoms with Gasteiger partial charge in [0.05, 0.1) is 7.11 Å². The lowest BCUT2D eigenvalue weighted by Gasteiger charge is -2.09. The predicted octanol–water partition coefficient (Wildman–Crippen LogP) is 4.36. The second-order valence-electron chi connectivity index (χ2n) is 5.75. The van der Waals surface area contributed by atoms with E-state index in [0.717, 1.165) is 5.56 Å². The van der Waals surface area contributed by atoms with Gasteiger partial charge in [0.15, 0.2) is 23.0 Å². The number of anilines is 1. The average molecular weight is 364 g/mol. The van der Waals surface area contributed by atoms with Gasteiger partial charge < -0.3 is 19.2 Å². The largest absolute Gasteiger partial charge is 0.493 e. The molecular formula is C21H20N2O4. The number of fused-ring (bicyclic) bond motifs is 1. The van der Waals surface area contributed by atoms with Gasteiger partial charge in [-0.2, -0.15) is 0 Å². The van der Waals surface area contributed by atoms with E-state index >= 15 is 0 Å². The summed E-state index contributed by atoms with van der Waals surface area (Å²) in [6.45, 7) is 5.79. The van der Waals surface area contributed by atoms with E-state index in [-0.39, 0.29) is 5.91 Å². The van der Waals surface area contributed by atoms with E-state index in [9.17, 15) is 4.79 Å². The van der Waals surface area contributed by atoms with Gasteiger partial charge in [0.2, 0.25) is 5.91 Å². The van der Waals surface area contributed by atoms with Crippen LogP contribution in [0.5, 0.6) is 11.5 Å². The number of aromatic nitrogens is 1. The Kier molecular flexibility index (Phi) is 5.56. The molecule has 138 valence electrons. The van der Waals surface area contributed by atoms with Crippen LogP contribution in [0, 0.1) is 6.92 Å². The lowest BCUT2D eigenvalue weighted by Crippen LogP contribution is -2.07. The Morgan fingerprint density at radius 2 is 2.11 bits per heavy atom. The number of methoxy groups -OCH3 is 1. The molecule has 1 aromatic heterocycles. The van der Waals surface area contributed by atoms with Crippen molar-refractivity contribution in [1.82, 2.24) is 4.98 Å². The smallest absolute Gasteiger partial charge is 0.248 e. The second kappa shape index (κ2) is 8.23. The van der Waals surface area contributed by atoms with E-state index in [1.807, 2.05) is 6.07 Å². The molecule has 6 heteroatoms. The number of rotatable bonds is 7. The molecule has 0 unspecified atom stereocenters. The minimum atomic E-state index is -0.250. The van der Waals surface area contributed by atoms with E-state index in [0.29, 0.717) is 40.8 Å². The Labute approximate surface area is 157 Å². The maximum atomic E-state index is 12.2. The zero-order valence-corrected chi connectivity index (χ0v) is 15.2. The molecule has 0 aliphatic carbocycles. The molecule has 0 fully saturated rings. The zero-order chi connectivity index (χ0) is 19.2. The SMILES string of the molecule is C=CCOc1ccc(/C=C/C(=O)Nc2ccc3oc(C)nc3c2)cc1OC. The maximum Gasteiger partial charge on any atom is 0.248 e. The first-order valence-corrected chi connectivity index (χ1v) is 8.37. The van der Waals surface area contributed by atoms with Crippen molar-refractivity contribution in [3.05, 3.63) is 66.6 Å². The van der Waals surface area contributed by atoms with E-state index in [1.165, 1.54) is 6.08 Å². The second-order valence-corrected chi connectivity index (χ2v) is 5.75. The molecule has 1 N–H and O–H groups in total. The fraction of sp³-hybridized carbons (Fsp3) is 0.143. The molecular weight excluding hydrogens is 344 g/mol. The number of hydrogen-bond acceptors (Lipinski definition) is 5. The summed E-state index contributed by atoms with van der Waals surface area (Å²) >= 11 is 0. The van der Waals surface area contributed by atoms with Gasteiger partial charge in [-0.15, -0.1) is 0 Å². The number of amides is 1. The van der Waals surface area contributed by atoms with Crippen molar-refractivity contribution in [2.45, 2.75) is 6.92 Å². The Hall–Kier alpha value is -3.54. The maximum absolute atomic E-state index is 12.2. The fourth-order valence-corrected chi connectivity index (χ4v) is 2.53. The summed E-state index contributed by atoms with van der Waals surface area (Å²) in [6.07, 6.45) is 4.82. The number of hydrogen-bond donors (Lipinski definition) is 1. The van der Waals surface area contributed by atoms with E-state index in [4.69, 9.17) is 13.9 Å². The Morgan fingerprint density at radius 3 is 2.89 bits per heavy atom. The highest BCUT2D eigenvalue weighted by atomic mass is 16.5. The lowest BCUT2D eigenvalue weighted by atomic mass is 10.2. The standard InChI is InChI=1S/C21H20N2O4/c1-4-11-26-19-8-5-15(12-20(19)25-3)6-10-21(24)23-16-7-9-18-17(13-16)22-14(2)27-18/h4-10,12-13H,1,11H2,2-3H3,(H,23,24)/b10-6+. The number of nitrogens with one attached hydrogen (secondary N) is 1. The summed E-state index contributed by atoms with van der Waals surface area (Å²) in [4.78, 5) is 16.4. The van der Waals surface area contributed by atoms with Crippen molar-refractivity contribution < 1.29 is 18.7 Å². The number of ether oxygens (including phenoxy) is 2. The summed E-state index contributed by atoms with van der Waals surface area (Å²) in [5.74, 6) is 1.55. The number of carbonyl (C=O) groups is 1. The molecule has 0 radical (unpaired) electrons. The van der Waals surface area contributed by atoms with Gasteiger partial charge in [0, 0.05) is 18.7 Å². The van der Waals surface area contributed by atoms with Crippen LogP contribution in [0.2, 0.25) is 0 Å². The van der Waals surface area contributed by atoms with Crippen molar-refractivity contribution in [3.63, 3.8) is 0 Å². The first-order valence-electron chi connectivity index (χ1n) is 8.37. The number of oxazole rings is 1. The third-order valence-corrected chi connectivity index (χ3v) is 3.73. The number of aryl methyl sites for hydroxylation is 1. The number of carbonyl (C=O) groups excluding carboxylic acids is 1. The molecule has 27 heavy (non-hydrogen) atoms. The van der Waals surface area contributed by atoms with E-state index in [1.54, 1.807) is 56.5 Å². The minimum Gasteiger partial charge on any atom is -0.493 e. The van der Waals surface area contributed by atoms with Crippen LogP contribution in [0.25, 0.3) is 17.2 Å². The van der Waals surface area contributed by atoms with Gasteiger partial charge in [0.1, 0.15) is 12.1 Å². The molecule has 0 aliphatic rings. The molecule has 0 bridgehead atoms. The molecule has 0 saturated carbocycles. The van der Waals surface area contributed by atoms with Crippen molar-refractivity contribution >= 4 is 28.8 Å². The molecule has 3 rings (SSSR count). The molecule has 0 saturated heterocycles. The molecule has 3 aromatic rings. The molecule has 0 atom stereocenters. The third-order valence-electron chi connectivity index (χ3n) is 3.73. The van der Waals surface area contributed by atoms with E-state index in [2.05, 4.69) is 16.9 Å². The van der Waals surface area contributed by atoms with Crippen molar-refractivity contribution in [2.75, 3.05) is 19.0 Å². The molecule has 2 aromatic carbocycles. The monoisotopic (exact) mass is 364 g/mol. The first kappa shape index (κ1) is 18.3. The Bertz CT molecular complexity index is 1000. The van der Waals surface area contributed by atoms with Crippen LogP contribution in [0.3, 0.4) is 0 Å². The van der Waals surface area contributed by atoms with Crippen molar-refractivity contribution in [3.8, 4) is 11.5 Å². The van der Waals surface area contributed by atoms with Gasteiger partial charge >= 0.3 is 0 Å². The highest BCUT2D eigenvalue weighted by Gasteiger charge is 2.06. The molecule has 0 spiro atoms. The predicted molar refractivity (Wildman–Crippen MR) is 105 cm³/mol. The van der Waals surface area contributed by atoms with Crippen LogP contribution in [0.15, 0.2) is 59.5 Å². The van der Waals surface area contributed by atoms with Gasteiger partial charge in [-0.25, -0.2) is 4.98 Å². The van der Waals surface area contributed by atoms with E-state index < -0.39 is 0 Å². The summed E-state index contributed by atoms with van der Waals surface area (Å²) < 4.78 is 16.3. The zero-order valence-electron chi connectivity index (χ0n) is 15.2. The van der Waals surface area contributed by atoms with Crippen LogP contribution in [-0.2, 0) is 4.79 Å². The summed E-state index contributed by atoms with van der Waals surface area (Å²) in [7, 11) is 1.57. The van der Waals surface area contributed by atoms with Crippen LogP contribution < -0.4 is 14.8 Å². The normalized spacial score (nSPS) is 10.9. The van der Waals surface area contributed by atoms with Gasteiger partial charge in [-0.3, -0.25) is 4.79 Å². The van der Waals surface area contributed by atoms with Crippen LogP contribution in [-0.4, -0.2) is 24.6 Å². The highest BCUT2D eigenvalue weighted by Crippen LogP contribution is 2.28. The van der Waals surface area contributed by atoms with Crippen LogP contribution in [0.1, 0.15) is 11.5 Å². The van der Waals surface area contributed by atoms with Crippen LogP contribution >= 0.6 is 0 Å². The Morgan fingerprint density at radius 1 is 1.26 bits per heavy atom. The van der Waals surface area contributed by atoms with Gasteiger partial charge in [-0.05, 0) is 42.0 Å². The third kappa shape index (κ3) is 4.55. The van der Waals surface area contributed by atoms with Crippen LogP contribution in [0.4, 0.5) is 5.69 Å². The topological polar surface area (TPSA) is 73.6 Å². The fourth-order valence-electron chi connectivity index (χ4n) is 2.53. The number of benzene rings is 2. The minimum absolute atomic E-state index is 0.250.